The van der Waals surface area contributed by atoms with Crippen LogP contribution in [-0.4, -0.2) is 17.8 Å². The van der Waals surface area contributed by atoms with Crippen LogP contribution in [-0.2, 0) is 9.59 Å². The molecule has 0 atom stereocenters. The molecule has 1 aliphatic rings. The van der Waals surface area contributed by atoms with Gasteiger partial charge in [-0.1, -0.05) is 46.9 Å². The number of anilines is 2. The van der Waals surface area contributed by atoms with Gasteiger partial charge in [0.1, 0.15) is 16.5 Å². The van der Waals surface area contributed by atoms with E-state index in [0.717, 1.165) is 16.0 Å². The zero-order valence-corrected chi connectivity index (χ0v) is 20.3. The summed E-state index contributed by atoms with van der Waals surface area (Å²) in [5.41, 5.74) is 2.73. The van der Waals surface area contributed by atoms with Crippen LogP contribution in [0.5, 0.6) is 5.75 Å². The summed E-state index contributed by atoms with van der Waals surface area (Å²) < 4.78 is 5.45. The van der Waals surface area contributed by atoms with Crippen molar-refractivity contribution in [3.8, 4) is 5.75 Å². The van der Waals surface area contributed by atoms with Crippen molar-refractivity contribution in [2.45, 2.75) is 13.8 Å². The number of halogens is 3. The van der Waals surface area contributed by atoms with Crippen LogP contribution < -0.4 is 15.0 Å². The summed E-state index contributed by atoms with van der Waals surface area (Å²) in [6.45, 7) is 3.84. The van der Waals surface area contributed by atoms with Crippen molar-refractivity contribution >= 4 is 64.0 Å². The van der Waals surface area contributed by atoms with Crippen molar-refractivity contribution < 1.29 is 19.1 Å². The Labute approximate surface area is 210 Å². The summed E-state index contributed by atoms with van der Waals surface area (Å²) in [7, 11) is 0. The van der Waals surface area contributed by atoms with Crippen molar-refractivity contribution in [3.63, 3.8) is 0 Å². The molecule has 0 aliphatic carbocycles. The molecule has 9 heteroatoms. The first kappa shape index (κ1) is 23.8. The molecule has 34 heavy (non-hydrogen) atoms. The standard InChI is InChI=1S/C25H17Cl3N2O4/c1-13-10-14(2)12-17(11-13)34-25(33)15-6-8-16(9-7-15)29-22-21(28)23(31)30(24(22)32)19-5-3-4-18(26)20(19)27/h3-12,29H,1-2H3. The minimum absolute atomic E-state index is 0.0586. The summed E-state index contributed by atoms with van der Waals surface area (Å²) in [6.07, 6.45) is 0. The first-order valence-electron chi connectivity index (χ1n) is 10.1. The zero-order chi connectivity index (χ0) is 24.6. The van der Waals surface area contributed by atoms with Crippen molar-refractivity contribution in [1.82, 2.24) is 0 Å². The molecule has 1 N–H and O–H groups in total. The Morgan fingerprint density at radius 2 is 1.53 bits per heavy atom. The maximum Gasteiger partial charge on any atom is 0.343 e. The van der Waals surface area contributed by atoms with Gasteiger partial charge >= 0.3 is 5.97 Å². The number of imide groups is 1. The number of aryl methyl sites for hydroxylation is 2. The number of amides is 2. The minimum atomic E-state index is -0.730. The van der Waals surface area contributed by atoms with Gasteiger partial charge in [-0.2, -0.15) is 0 Å². The van der Waals surface area contributed by atoms with Crippen LogP contribution in [0, 0.1) is 13.8 Å². The van der Waals surface area contributed by atoms with Crippen LogP contribution in [0.15, 0.2) is 71.4 Å². The Kier molecular flexibility index (Phi) is 6.66. The Morgan fingerprint density at radius 3 is 2.18 bits per heavy atom. The number of rotatable bonds is 5. The Bertz CT molecular complexity index is 1350. The number of carbonyl (C=O) groups excluding carboxylic acids is 3. The molecule has 0 saturated heterocycles. The Hall–Kier alpha value is -3.32. The first-order valence-corrected chi connectivity index (χ1v) is 11.2. The average Bonchev–Trinajstić information content (AvgIpc) is 2.99. The van der Waals surface area contributed by atoms with Gasteiger partial charge in [-0.15, -0.1) is 0 Å². The number of benzene rings is 3. The molecule has 0 unspecified atom stereocenters. The van der Waals surface area contributed by atoms with Gasteiger partial charge in [-0.3, -0.25) is 9.59 Å². The third-order valence-corrected chi connectivity index (χ3v) is 6.15. The number of nitrogens with zero attached hydrogens (tertiary/aromatic N) is 1. The first-order chi connectivity index (χ1) is 16.2. The van der Waals surface area contributed by atoms with Crippen LogP contribution in [0.25, 0.3) is 0 Å². The molecule has 1 aliphatic heterocycles. The topological polar surface area (TPSA) is 75.7 Å². The van der Waals surface area contributed by atoms with Gasteiger partial charge in [-0.05, 0) is 73.5 Å². The van der Waals surface area contributed by atoms with E-state index in [9.17, 15) is 14.4 Å². The second-order valence-electron chi connectivity index (χ2n) is 7.62. The van der Waals surface area contributed by atoms with E-state index in [2.05, 4.69) is 5.32 Å². The molecule has 0 aromatic heterocycles. The van der Waals surface area contributed by atoms with Gasteiger partial charge in [0.05, 0.1) is 21.3 Å². The fourth-order valence-electron chi connectivity index (χ4n) is 3.49. The highest BCUT2D eigenvalue weighted by atomic mass is 35.5. The molecular weight excluding hydrogens is 499 g/mol. The highest BCUT2D eigenvalue weighted by Gasteiger charge is 2.40. The molecule has 3 aromatic carbocycles. The monoisotopic (exact) mass is 514 g/mol. The summed E-state index contributed by atoms with van der Waals surface area (Å²) in [5.74, 6) is -1.48. The van der Waals surface area contributed by atoms with Crippen LogP contribution in [0.1, 0.15) is 21.5 Å². The predicted octanol–water partition coefficient (Wildman–Crippen LogP) is 6.27. The Balaban J connectivity index is 1.50. The van der Waals surface area contributed by atoms with Crippen LogP contribution >= 0.6 is 34.8 Å². The van der Waals surface area contributed by atoms with Gasteiger partial charge in [-0.25, -0.2) is 9.69 Å². The fourth-order valence-corrected chi connectivity index (χ4v) is 4.08. The molecule has 1 heterocycles. The summed E-state index contributed by atoms with van der Waals surface area (Å²) in [5, 5.41) is 2.80. The fraction of sp³-hybridized carbons (Fsp3) is 0.0800. The smallest absolute Gasteiger partial charge is 0.343 e. The van der Waals surface area contributed by atoms with Gasteiger partial charge in [0.15, 0.2) is 0 Å². The second-order valence-corrected chi connectivity index (χ2v) is 8.79. The second kappa shape index (κ2) is 9.50. The molecule has 0 bridgehead atoms. The van der Waals surface area contributed by atoms with Crippen molar-refractivity contribution in [1.29, 1.82) is 0 Å². The number of hydrogen-bond acceptors (Lipinski definition) is 5. The van der Waals surface area contributed by atoms with E-state index in [0.29, 0.717) is 17.0 Å². The molecule has 6 nitrogen and oxygen atoms in total. The lowest BCUT2D eigenvalue weighted by Crippen LogP contribution is -2.32. The number of ether oxygens (including phenoxy) is 1. The van der Waals surface area contributed by atoms with E-state index in [4.69, 9.17) is 39.5 Å². The predicted molar refractivity (Wildman–Crippen MR) is 133 cm³/mol. The van der Waals surface area contributed by atoms with Crippen molar-refractivity contribution in [2.75, 3.05) is 10.2 Å². The van der Waals surface area contributed by atoms with Crippen LogP contribution in [0.2, 0.25) is 10.0 Å². The number of esters is 1. The molecule has 0 saturated carbocycles. The van der Waals surface area contributed by atoms with Crippen LogP contribution in [0.4, 0.5) is 11.4 Å². The zero-order valence-electron chi connectivity index (χ0n) is 18.0. The lowest BCUT2D eigenvalue weighted by atomic mass is 10.1. The van der Waals surface area contributed by atoms with Gasteiger partial charge in [0, 0.05) is 5.69 Å². The molecule has 0 radical (unpaired) electrons. The summed E-state index contributed by atoms with van der Waals surface area (Å²) in [6, 6.07) is 16.3. The highest BCUT2D eigenvalue weighted by Crippen LogP contribution is 2.37. The Morgan fingerprint density at radius 1 is 0.882 bits per heavy atom. The van der Waals surface area contributed by atoms with E-state index in [1.807, 2.05) is 19.9 Å². The molecule has 0 spiro atoms. The van der Waals surface area contributed by atoms with E-state index < -0.39 is 17.8 Å². The molecule has 3 aromatic rings. The summed E-state index contributed by atoms with van der Waals surface area (Å²) >= 11 is 18.4. The van der Waals surface area contributed by atoms with Gasteiger partial charge in [0.2, 0.25) is 0 Å². The van der Waals surface area contributed by atoms with Crippen molar-refractivity contribution in [3.05, 3.63) is 98.1 Å². The molecule has 172 valence electrons. The van der Waals surface area contributed by atoms with Gasteiger partial charge < -0.3 is 10.1 Å². The largest absolute Gasteiger partial charge is 0.423 e. The number of nitrogens with one attached hydrogen (secondary N) is 1. The number of carbonyl (C=O) groups is 3. The quantitative estimate of drug-likeness (QED) is 0.246. The SMILES string of the molecule is Cc1cc(C)cc(OC(=O)c2ccc(NC3=C(Cl)C(=O)N(c4cccc(Cl)c4Cl)C3=O)cc2)c1. The maximum absolute atomic E-state index is 13.0. The third-order valence-electron chi connectivity index (χ3n) is 5.00. The molecule has 0 fully saturated rings. The van der Waals surface area contributed by atoms with Crippen LogP contribution in [0.3, 0.4) is 0 Å². The lowest BCUT2D eigenvalue weighted by molar-refractivity contribution is -0.120. The van der Waals surface area contributed by atoms with E-state index >= 15 is 0 Å². The minimum Gasteiger partial charge on any atom is -0.423 e. The maximum atomic E-state index is 13.0. The molecular formula is C25H17Cl3N2O4. The normalized spacial score (nSPS) is 13.5. The third kappa shape index (κ3) is 4.66. The van der Waals surface area contributed by atoms with E-state index in [1.54, 1.807) is 36.4 Å². The van der Waals surface area contributed by atoms with E-state index in [-0.39, 0.29) is 26.5 Å². The van der Waals surface area contributed by atoms with Crippen molar-refractivity contribution in [2.24, 2.45) is 0 Å². The molecule has 2 amide bonds. The average molecular weight is 516 g/mol. The lowest BCUT2D eigenvalue weighted by Gasteiger charge is -2.17. The van der Waals surface area contributed by atoms with E-state index in [1.165, 1.54) is 18.2 Å². The number of hydrogen-bond donors (Lipinski definition) is 1. The van der Waals surface area contributed by atoms with Gasteiger partial charge in [0.25, 0.3) is 11.8 Å². The summed E-state index contributed by atoms with van der Waals surface area (Å²) in [4.78, 5) is 39.0. The highest BCUT2D eigenvalue weighted by molar-refractivity contribution is 6.54. The molecule has 4 rings (SSSR count).